The fraction of sp³-hybridized carbons (Fsp3) is 0.583. The van der Waals surface area contributed by atoms with Crippen LogP contribution in [-0.4, -0.2) is 56.2 Å². The van der Waals surface area contributed by atoms with Gasteiger partial charge < -0.3 is 14.6 Å². The fourth-order valence-corrected chi connectivity index (χ4v) is 5.14. The van der Waals surface area contributed by atoms with Gasteiger partial charge >= 0.3 is 5.97 Å². The second-order valence-electron chi connectivity index (χ2n) is 4.52. The maximum Gasteiger partial charge on any atom is 0.322 e. The van der Waals surface area contributed by atoms with Gasteiger partial charge in [-0.25, -0.2) is 8.42 Å². The van der Waals surface area contributed by atoms with Crippen molar-refractivity contribution in [3.8, 4) is 5.06 Å². The van der Waals surface area contributed by atoms with E-state index in [2.05, 4.69) is 0 Å². The summed E-state index contributed by atoms with van der Waals surface area (Å²) in [5, 5.41) is 9.71. The van der Waals surface area contributed by atoms with E-state index in [0.29, 0.717) is 11.7 Å². The number of hydrogen-bond acceptors (Lipinski definition) is 6. The van der Waals surface area contributed by atoms with Crippen molar-refractivity contribution in [2.75, 3.05) is 20.3 Å². The van der Waals surface area contributed by atoms with Crippen LogP contribution < -0.4 is 4.74 Å². The Morgan fingerprint density at radius 2 is 2.24 bits per heavy atom. The van der Waals surface area contributed by atoms with Crippen molar-refractivity contribution in [3.63, 3.8) is 0 Å². The van der Waals surface area contributed by atoms with Gasteiger partial charge in [-0.15, -0.1) is 0 Å². The summed E-state index contributed by atoms with van der Waals surface area (Å²) in [6.45, 7) is 2.25. The molecule has 21 heavy (non-hydrogen) atoms. The summed E-state index contributed by atoms with van der Waals surface area (Å²) in [6, 6.07) is 1.87. The molecular weight excluding hydrogens is 318 g/mol. The van der Waals surface area contributed by atoms with Crippen LogP contribution >= 0.6 is 11.3 Å². The topological polar surface area (TPSA) is 93.1 Å². The van der Waals surface area contributed by atoms with Crippen LogP contribution in [0.25, 0.3) is 0 Å². The van der Waals surface area contributed by atoms with Gasteiger partial charge in [0.25, 0.3) is 10.0 Å². The van der Waals surface area contributed by atoms with Crippen LogP contribution in [0.4, 0.5) is 0 Å². The van der Waals surface area contributed by atoms with Crippen molar-refractivity contribution < 1.29 is 27.8 Å². The number of sulfonamides is 1. The molecule has 7 nitrogen and oxygen atoms in total. The standard InChI is InChI=1S/C12H17NO6S2/c1-3-19-8-6-9(12(14)15)13(7-8)21(16,17)11-5-4-10(18-2)20-11/h4-5,8-9H,3,6-7H2,1-2H3,(H,14,15)/t8-,9+/m1/s1. The Morgan fingerprint density at radius 3 is 2.76 bits per heavy atom. The van der Waals surface area contributed by atoms with Crippen LogP contribution in [0.1, 0.15) is 13.3 Å². The second-order valence-corrected chi connectivity index (χ2v) is 7.68. The van der Waals surface area contributed by atoms with Gasteiger partial charge in [0.1, 0.15) is 10.3 Å². The van der Waals surface area contributed by atoms with Gasteiger partial charge in [-0.2, -0.15) is 4.31 Å². The molecule has 9 heteroatoms. The maximum absolute atomic E-state index is 12.6. The van der Waals surface area contributed by atoms with E-state index in [4.69, 9.17) is 9.47 Å². The van der Waals surface area contributed by atoms with Crippen LogP contribution in [0.15, 0.2) is 16.3 Å². The third-order valence-corrected chi connectivity index (χ3v) is 6.61. The predicted octanol–water partition coefficient (Wildman–Crippen LogP) is 1.01. The highest BCUT2D eigenvalue weighted by Gasteiger charge is 2.45. The molecule has 1 fully saturated rings. The van der Waals surface area contributed by atoms with Crippen LogP contribution in [-0.2, 0) is 19.6 Å². The quantitative estimate of drug-likeness (QED) is 0.834. The summed E-state index contributed by atoms with van der Waals surface area (Å²) in [6.07, 6.45) is -0.238. The number of carboxylic acids is 1. The Hall–Kier alpha value is -1.16. The monoisotopic (exact) mass is 335 g/mol. The van der Waals surface area contributed by atoms with E-state index in [1.165, 1.54) is 13.2 Å². The Morgan fingerprint density at radius 1 is 1.52 bits per heavy atom. The minimum absolute atomic E-state index is 0.0490. The van der Waals surface area contributed by atoms with Gasteiger partial charge in [-0.1, -0.05) is 11.3 Å². The van der Waals surface area contributed by atoms with E-state index >= 15 is 0 Å². The maximum atomic E-state index is 12.6. The molecule has 0 aliphatic carbocycles. The van der Waals surface area contributed by atoms with Crippen molar-refractivity contribution in [1.29, 1.82) is 0 Å². The fourth-order valence-electron chi connectivity index (χ4n) is 2.28. The lowest BCUT2D eigenvalue weighted by atomic mass is 10.2. The van der Waals surface area contributed by atoms with E-state index in [9.17, 15) is 18.3 Å². The normalized spacial score (nSPS) is 23.3. The number of carboxylic acid groups (broad SMARTS) is 1. The molecule has 0 aromatic carbocycles. The molecule has 1 saturated heterocycles. The molecule has 0 bridgehead atoms. The third-order valence-electron chi connectivity index (χ3n) is 3.23. The Labute approximate surface area is 127 Å². The van der Waals surface area contributed by atoms with E-state index in [-0.39, 0.29) is 17.2 Å². The first-order valence-corrected chi connectivity index (χ1v) is 8.65. The number of rotatable bonds is 6. The lowest BCUT2D eigenvalue weighted by molar-refractivity contribution is -0.140. The average Bonchev–Trinajstić information content (AvgIpc) is 3.05. The van der Waals surface area contributed by atoms with Gasteiger partial charge in [-0.05, 0) is 19.1 Å². The minimum Gasteiger partial charge on any atom is -0.487 e. The van der Waals surface area contributed by atoms with Crippen molar-refractivity contribution >= 4 is 27.3 Å². The zero-order chi connectivity index (χ0) is 15.6. The highest BCUT2D eigenvalue weighted by atomic mass is 32.2. The predicted molar refractivity (Wildman–Crippen MR) is 76.2 cm³/mol. The first kappa shape index (κ1) is 16.2. The van der Waals surface area contributed by atoms with Crippen molar-refractivity contribution in [2.24, 2.45) is 0 Å². The lowest BCUT2D eigenvalue weighted by Gasteiger charge is -2.19. The summed E-state index contributed by atoms with van der Waals surface area (Å²) in [4.78, 5) is 11.3. The molecule has 2 heterocycles. The van der Waals surface area contributed by atoms with Crippen LogP contribution in [0.3, 0.4) is 0 Å². The highest BCUT2D eigenvalue weighted by molar-refractivity contribution is 7.91. The van der Waals surface area contributed by atoms with Crippen molar-refractivity contribution in [1.82, 2.24) is 4.31 Å². The number of ether oxygens (including phenoxy) is 2. The molecular formula is C12H17NO6S2. The molecule has 0 unspecified atom stereocenters. The minimum atomic E-state index is -3.86. The Balaban J connectivity index is 2.30. The molecule has 1 aromatic heterocycles. The van der Waals surface area contributed by atoms with Gasteiger partial charge in [0, 0.05) is 19.6 Å². The van der Waals surface area contributed by atoms with E-state index in [1.54, 1.807) is 13.0 Å². The summed E-state index contributed by atoms with van der Waals surface area (Å²) < 4.78 is 36.6. The van der Waals surface area contributed by atoms with Gasteiger partial charge in [0.05, 0.1) is 13.2 Å². The largest absolute Gasteiger partial charge is 0.487 e. The molecule has 2 rings (SSSR count). The number of nitrogens with zero attached hydrogens (tertiary/aromatic N) is 1. The molecule has 0 spiro atoms. The van der Waals surface area contributed by atoms with Crippen LogP contribution in [0.5, 0.6) is 5.06 Å². The number of aliphatic carboxylic acids is 1. The summed E-state index contributed by atoms with van der Waals surface area (Å²) in [5.74, 6) is -1.16. The van der Waals surface area contributed by atoms with E-state index in [1.807, 2.05) is 0 Å². The molecule has 118 valence electrons. The molecule has 0 amide bonds. The summed E-state index contributed by atoms with van der Waals surface area (Å²) in [7, 11) is -2.41. The molecule has 0 saturated carbocycles. The number of methoxy groups -OCH3 is 1. The van der Waals surface area contributed by atoms with Crippen molar-refractivity contribution in [3.05, 3.63) is 12.1 Å². The van der Waals surface area contributed by atoms with Gasteiger partial charge in [-0.3, -0.25) is 4.79 Å². The van der Waals surface area contributed by atoms with E-state index in [0.717, 1.165) is 15.6 Å². The summed E-state index contributed by atoms with van der Waals surface area (Å²) in [5.41, 5.74) is 0. The first-order valence-electron chi connectivity index (χ1n) is 6.40. The molecule has 2 atom stereocenters. The first-order chi connectivity index (χ1) is 9.90. The molecule has 1 N–H and O–H groups in total. The smallest absolute Gasteiger partial charge is 0.322 e. The number of thiophene rings is 1. The number of hydrogen-bond donors (Lipinski definition) is 1. The zero-order valence-corrected chi connectivity index (χ0v) is 13.3. The molecule has 1 aliphatic heterocycles. The highest BCUT2D eigenvalue weighted by Crippen LogP contribution is 2.34. The second kappa shape index (κ2) is 6.30. The third kappa shape index (κ3) is 3.20. The van der Waals surface area contributed by atoms with Crippen molar-refractivity contribution in [2.45, 2.75) is 29.7 Å². The molecule has 1 aromatic rings. The Kier molecular flexibility index (Phi) is 4.87. The SMILES string of the molecule is CCO[C@@H]1C[C@@H](C(=O)O)N(S(=O)(=O)c2ccc(OC)s2)C1. The summed E-state index contributed by atoms with van der Waals surface area (Å²) >= 11 is 0.969. The molecule has 0 radical (unpaired) electrons. The lowest BCUT2D eigenvalue weighted by Crippen LogP contribution is -2.40. The van der Waals surface area contributed by atoms with Gasteiger partial charge in [0.2, 0.25) is 0 Å². The van der Waals surface area contributed by atoms with Crippen LogP contribution in [0.2, 0.25) is 0 Å². The molecule has 1 aliphatic rings. The number of carbonyl (C=O) groups is 1. The van der Waals surface area contributed by atoms with E-state index < -0.39 is 28.1 Å². The average molecular weight is 335 g/mol. The van der Waals surface area contributed by atoms with Crippen LogP contribution in [0, 0.1) is 0 Å². The van der Waals surface area contributed by atoms with Gasteiger partial charge in [0.15, 0.2) is 5.06 Å². The Bertz CT molecular complexity index is 611. The zero-order valence-electron chi connectivity index (χ0n) is 11.7.